The molecular formula is C10H15N3. The predicted octanol–water partition coefficient (Wildman–Crippen LogP) is 1.53. The largest absolute Gasteiger partial charge is 0.309 e. The first kappa shape index (κ1) is 8.51. The van der Waals surface area contributed by atoms with E-state index in [0.717, 1.165) is 19.4 Å². The summed E-state index contributed by atoms with van der Waals surface area (Å²) in [6.45, 7) is 2.98. The Kier molecular flexibility index (Phi) is 2.45. The number of nitrogens with one attached hydrogen (secondary N) is 2. The number of aryl methyl sites for hydroxylation is 1. The summed E-state index contributed by atoms with van der Waals surface area (Å²) in [6.07, 6.45) is 8.69. The van der Waals surface area contributed by atoms with Crippen molar-refractivity contribution in [2.75, 3.05) is 0 Å². The molecule has 0 radical (unpaired) electrons. The zero-order valence-electron chi connectivity index (χ0n) is 7.88. The molecule has 0 saturated heterocycles. The third kappa shape index (κ3) is 1.98. The highest BCUT2D eigenvalue weighted by Gasteiger charge is 2.09. The lowest BCUT2D eigenvalue weighted by Crippen LogP contribution is -2.25. The summed E-state index contributed by atoms with van der Waals surface area (Å²) >= 11 is 0. The molecule has 13 heavy (non-hydrogen) atoms. The van der Waals surface area contributed by atoms with E-state index in [1.165, 1.54) is 11.3 Å². The molecular weight excluding hydrogens is 162 g/mol. The predicted molar refractivity (Wildman–Crippen MR) is 52.3 cm³/mol. The number of hydrogen-bond donors (Lipinski definition) is 2. The average Bonchev–Trinajstić information content (AvgIpc) is 2.72. The van der Waals surface area contributed by atoms with Crippen molar-refractivity contribution < 1.29 is 0 Å². The second-order valence-electron chi connectivity index (χ2n) is 3.54. The maximum absolute atomic E-state index is 3.99. The lowest BCUT2D eigenvalue weighted by Gasteiger charge is -2.10. The van der Waals surface area contributed by atoms with Gasteiger partial charge in [-0.25, -0.2) is 0 Å². The Bertz CT molecular complexity index is 293. The Labute approximate surface area is 78.2 Å². The summed E-state index contributed by atoms with van der Waals surface area (Å²) in [5.41, 5.74) is 2.44. The maximum atomic E-state index is 3.99. The van der Waals surface area contributed by atoms with Crippen molar-refractivity contribution in [1.82, 2.24) is 15.5 Å². The van der Waals surface area contributed by atoms with E-state index in [0.29, 0.717) is 6.04 Å². The molecule has 2 rings (SSSR count). The van der Waals surface area contributed by atoms with E-state index in [2.05, 4.69) is 34.6 Å². The molecule has 1 aliphatic carbocycles. The number of hydrogen-bond acceptors (Lipinski definition) is 2. The highest BCUT2D eigenvalue weighted by atomic mass is 15.1. The normalized spacial score (nSPS) is 17.0. The summed E-state index contributed by atoms with van der Waals surface area (Å²) in [6, 6.07) is 0.634. The van der Waals surface area contributed by atoms with Crippen molar-refractivity contribution in [2.45, 2.75) is 32.4 Å². The van der Waals surface area contributed by atoms with E-state index in [4.69, 9.17) is 0 Å². The van der Waals surface area contributed by atoms with Crippen LogP contribution < -0.4 is 5.32 Å². The van der Waals surface area contributed by atoms with Gasteiger partial charge in [0, 0.05) is 23.8 Å². The Morgan fingerprint density at radius 1 is 1.54 bits per heavy atom. The van der Waals surface area contributed by atoms with Crippen LogP contribution in [0.4, 0.5) is 0 Å². The third-order valence-electron chi connectivity index (χ3n) is 2.52. The molecule has 70 valence electrons. The minimum Gasteiger partial charge on any atom is -0.309 e. The molecule has 0 aliphatic heterocycles. The second kappa shape index (κ2) is 3.75. The van der Waals surface area contributed by atoms with Gasteiger partial charge < -0.3 is 5.32 Å². The summed E-state index contributed by atoms with van der Waals surface area (Å²) in [7, 11) is 0. The van der Waals surface area contributed by atoms with Crippen molar-refractivity contribution in [1.29, 1.82) is 0 Å². The number of aromatic nitrogens is 2. The van der Waals surface area contributed by atoms with Crippen molar-refractivity contribution in [3.8, 4) is 0 Å². The first-order valence-corrected chi connectivity index (χ1v) is 4.73. The SMILES string of the molecule is Cc1[nH]ncc1CNC1CC=CC1. The fourth-order valence-corrected chi connectivity index (χ4v) is 1.59. The fourth-order valence-electron chi connectivity index (χ4n) is 1.59. The standard InChI is InChI=1S/C10H15N3/c1-8-9(7-12-13-8)6-11-10-4-2-3-5-10/h2-3,7,10-11H,4-6H2,1H3,(H,12,13). The van der Waals surface area contributed by atoms with E-state index < -0.39 is 0 Å². The van der Waals surface area contributed by atoms with Crippen LogP contribution in [0.15, 0.2) is 18.3 Å². The van der Waals surface area contributed by atoms with Gasteiger partial charge in [-0.3, -0.25) is 5.10 Å². The van der Waals surface area contributed by atoms with Crippen LogP contribution >= 0.6 is 0 Å². The molecule has 1 heterocycles. The Balaban J connectivity index is 1.82. The summed E-state index contributed by atoms with van der Waals surface area (Å²) in [5, 5.41) is 10.4. The molecule has 0 unspecified atom stereocenters. The van der Waals surface area contributed by atoms with Gasteiger partial charge in [-0.05, 0) is 19.8 Å². The van der Waals surface area contributed by atoms with Crippen LogP contribution in [0.2, 0.25) is 0 Å². The molecule has 0 amide bonds. The quantitative estimate of drug-likeness (QED) is 0.687. The molecule has 0 bridgehead atoms. The van der Waals surface area contributed by atoms with E-state index in [1.807, 2.05) is 6.20 Å². The molecule has 1 aliphatic rings. The lowest BCUT2D eigenvalue weighted by molar-refractivity contribution is 0.537. The highest BCUT2D eigenvalue weighted by Crippen LogP contribution is 2.10. The molecule has 0 fully saturated rings. The van der Waals surface area contributed by atoms with Crippen molar-refractivity contribution in [3.63, 3.8) is 0 Å². The van der Waals surface area contributed by atoms with Crippen molar-refractivity contribution in [3.05, 3.63) is 29.6 Å². The molecule has 3 nitrogen and oxygen atoms in total. The lowest BCUT2D eigenvalue weighted by atomic mass is 10.2. The zero-order chi connectivity index (χ0) is 9.10. The van der Waals surface area contributed by atoms with Crippen molar-refractivity contribution >= 4 is 0 Å². The Morgan fingerprint density at radius 3 is 2.92 bits per heavy atom. The maximum Gasteiger partial charge on any atom is 0.0535 e. The van der Waals surface area contributed by atoms with Gasteiger partial charge >= 0.3 is 0 Å². The van der Waals surface area contributed by atoms with E-state index in [-0.39, 0.29) is 0 Å². The van der Waals surface area contributed by atoms with Crippen molar-refractivity contribution in [2.24, 2.45) is 0 Å². The third-order valence-corrected chi connectivity index (χ3v) is 2.52. The topological polar surface area (TPSA) is 40.7 Å². The van der Waals surface area contributed by atoms with Gasteiger partial charge in [0.05, 0.1) is 6.20 Å². The van der Waals surface area contributed by atoms with Gasteiger partial charge in [0.2, 0.25) is 0 Å². The second-order valence-corrected chi connectivity index (χ2v) is 3.54. The Hall–Kier alpha value is -1.09. The van der Waals surface area contributed by atoms with Crippen LogP contribution in [0.3, 0.4) is 0 Å². The monoisotopic (exact) mass is 177 g/mol. The van der Waals surface area contributed by atoms with Gasteiger partial charge in [0.25, 0.3) is 0 Å². The summed E-state index contributed by atoms with van der Waals surface area (Å²) in [4.78, 5) is 0. The van der Waals surface area contributed by atoms with E-state index in [1.54, 1.807) is 0 Å². The smallest absolute Gasteiger partial charge is 0.0535 e. The molecule has 0 aromatic carbocycles. The van der Waals surface area contributed by atoms with Gasteiger partial charge in [-0.15, -0.1) is 0 Å². The van der Waals surface area contributed by atoms with Gasteiger partial charge in [0.15, 0.2) is 0 Å². The average molecular weight is 177 g/mol. The fraction of sp³-hybridized carbons (Fsp3) is 0.500. The highest BCUT2D eigenvalue weighted by molar-refractivity contribution is 5.14. The van der Waals surface area contributed by atoms with Crippen LogP contribution in [0.25, 0.3) is 0 Å². The molecule has 1 aromatic rings. The molecule has 1 aromatic heterocycles. The zero-order valence-corrected chi connectivity index (χ0v) is 7.88. The van der Waals surface area contributed by atoms with Crippen LogP contribution in [0, 0.1) is 6.92 Å². The molecule has 0 spiro atoms. The first-order chi connectivity index (χ1) is 6.36. The molecule has 0 atom stereocenters. The van der Waals surface area contributed by atoms with Crippen LogP contribution in [0.1, 0.15) is 24.1 Å². The van der Waals surface area contributed by atoms with Gasteiger partial charge in [-0.2, -0.15) is 5.10 Å². The minimum absolute atomic E-state index is 0.634. The van der Waals surface area contributed by atoms with Crippen LogP contribution in [0.5, 0.6) is 0 Å². The van der Waals surface area contributed by atoms with Gasteiger partial charge in [-0.1, -0.05) is 12.2 Å². The summed E-state index contributed by atoms with van der Waals surface area (Å²) < 4.78 is 0. The minimum atomic E-state index is 0.634. The number of rotatable bonds is 3. The number of nitrogens with zero attached hydrogens (tertiary/aromatic N) is 1. The molecule has 2 N–H and O–H groups in total. The van der Waals surface area contributed by atoms with Gasteiger partial charge in [0.1, 0.15) is 0 Å². The number of aromatic amines is 1. The van der Waals surface area contributed by atoms with E-state index >= 15 is 0 Å². The van der Waals surface area contributed by atoms with E-state index in [9.17, 15) is 0 Å². The molecule has 3 heteroatoms. The van der Waals surface area contributed by atoms with Crippen LogP contribution in [-0.2, 0) is 6.54 Å². The summed E-state index contributed by atoms with van der Waals surface area (Å²) in [5.74, 6) is 0. The Morgan fingerprint density at radius 2 is 2.31 bits per heavy atom. The first-order valence-electron chi connectivity index (χ1n) is 4.73. The molecule has 0 saturated carbocycles. The number of H-pyrrole nitrogens is 1. The van der Waals surface area contributed by atoms with Crippen LogP contribution in [-0.4, -0.2) is 16.2 Å².